The Labute approximate surface area is 76.8 Å². The van der Waals surface area contributed by atoms with Crippen molar-refractivity contribution in [3.05, 3.63) is 25.3 Å². The standard InChI is InChI=1S/C11H21N/c1-5-9-11(10-6-2)12(7-3)8-4/h5-6,11H,1-2,7-10H2,3-4H3. The van der Waals surface area contributed by atoms with Crippen LogP contribution >= 0.6 is 0 Å². The Kier molecular flexibility index (Phi) is 6.78. The average molecular weight is 167 g/mol. The Morgan fingerprint density at radius 1 is 1.08 bits per heavy atom. The maximum Gasteiger partial charge on any atom is 0.0164 e. The zero-order chi connectivity index (χ0) is 9.40. The van der Waals surface area contributed by atoms with Crippen LogP contribution in [-0.4, -0.2) is 24.0 Å². The molecule has 0 aliphatic heterocycles. The summed E-state index contributed by atoms with van der Waals surface area (Å²) < 4.78 is 0. The third-order valence-corrected chi connectivity index (χ3v) is 2.21. The van der Waals surface area contributed by atoms with Gasteiger partial charge in [0, 0.05) is 6.04 Å². The summed E-state index contributed by atoms with van der Waals surface area (Å²) in [5.41, 5.74) is 0. The van der Waals surface area contributed by atoms with Crippen molar-refractivity contribution < 1.29 is 0 Å². The predicted octanol–water partition coefficient (Wildman–Crippen LogP) is 2.85. The van der Waals surface area contributed by atoms with Gasteiger partial charge < -0.3 is 4.90 Å². The Balaban J connectivity index is 4.02. The fourth-order valence-corrected chi connectivity index (χ4v) is 1.52. The fraction of sp³-hybridized carbons (Fsp3) is 0.636. The van der Waals surface area contributed by atoms with Gasteiger partial charge in [0.1, 0.15) is 0 Å². The monoisotopic (exact) mass is 167 g/mol. The maximum absolute atomic E-state index is 3.77. The van der Waals surface area contributed by atoms with Crippen molar-refractivity contribution in [1.82, 2.24) is 4.90 Å². The molecule has 0 spiro atoms. The second-order valence-corrected chi connectivity index (χ2v) is 2.92. The van der Waals surface area contributed by atoms with Gasteiger partial charge in [0.25, 0.3) is 0 Å². The predicted molar refractivity (Wildman–Crippen MR) is 56.3 cm³/mol. The second-order valence-electron chi connectivity index (χ2n) is 2.92. The van der Waals surface area contributed by atoms with Crippen molar-refractivity contribution in [2.24, 2.45) is 0 Å². The van der Waals surface area contributed by atoms with Gasteiger partial charge in [-0.05, 0) is 25.9 Å². The third kappa shape index (κ3) is 3.72. The fourth-order valence-electron chi connectivity index (χ4n) is 1.52. The summed E-state index contributed by atoms with van der Waals surface area (Å²) in [6.45, 7) is 14.2. The van der Waals surface area contributed by atoms with Crippen molar-refractivity contribution in [3.63, 3.8) is 0 Å². The minimum atomic E-state index is 0.606. The minimum Gasteiger partial charge on any atom is -0.300 e. The van der Waals surface area contributed by atoms with E-state index in [9.17, 15) is 0 Å². The zero-order valence-corrected chi connectivity index (χ0v) is 8.42. The van der Waals surface area contributed by atoms with E-state index in [0.29, 0.717) is 6.04 Å². The third-order valence-electron chi connectivity index (χ3n) is 2.21. The quantitative estimate of drug-likeness (QED) is 0.527. The van der Waals surface area contributed by atoms with Gasteiger partial charge in [-0.25, -0.2) is 0 Å². The molecule has 0 atom stereocenters. The van der Waals surface area contributed by atoms with E-state index < -0.39 is 0 Å². The lowest BCUT2D eigenvalue weighted by Gasteiger charge is -2.27. The second kappa shape index (κ2) is 7.11. The van der Waals surface area contributed by atoms with E-state index in [1.807, 2.05) is 12.2 Å². The van der Waals surface area contributed by atoms with Crippen molar-refractivity contribution in [2.45, 2.75) is 32.7 Å². The highest BCUT2D eigenvalue weighted by Crippen LogP contribution is 2.09. The molecule has 0 unspecified atom stereocenters. The number of hydrogen-bond acceptors (Lipinski definition) is 1. The van der Waals surface area contributed by atoms with Crippen LogP contribution in [0.5, 0.6) is 0 Å². The van der Waals surface area contributed by atoms with Crippen LogP contribution in [0.3, 0.4) is 0 Å². The van der Waals surface area contributed by atoms with Crippen LogP contribution in [-0.2, 0) is 0 Å². The molecule has 1 heteroatoms. The summed E-state index contributed by atoms with van der Waals surface area (Å²) in [7, 11) is 0. The Morgan fingerprint density at radius 3 is 1.75 bits per heavy atom. The van der Waals surface area contributed by atoms with E-state index in [-0.39, 0.29) is 0 Å². The van der Waals surface area contributed by atoms with Gasteiger partial charge in [-0.2, -0.15) is 0 Å². The molecule has 0 rings (SSSR count). The molecule has 0 radical (unpaired) electrons. The highest BCUT2D eigenvalue weighted by molar-refractivity contribution is 4.85. The van der Waals surface area contributed by atoms with E-state index in [4.69, 9.17) is 0 Å². The van der Waals surface area contributed by atoms with Gasteiger partial charge in [0.15, 0.2) is 0 Å². The maximum atomic E-state index is 3.77. The van der Waals surface area contributed by atoms with Gasteiger partial charge in [-0.3, -0.25) is 0 Å². The van der Waals surface area contributed by atoms with Crippen molar-refractivity contribution in [1.29, 1.82) is 0 Å². The highest BCUT2D eigenvalue weighted by atomic mass is 15.1. The molecule has 0 heterocycles. The van der Waals surface area contributed by atoms with Crippen LogP contribution in [0.2, 0.25) is 0 Å². The van der Waals surface area contributed by atoms with Crippen LogP contribution < -0.4 is 0 Å². The first kappa shape index (κ1) is 11.4. The molecule has 0 fully saturated rings. The van der Waals surface area contributed by atoms with Gasteiger partial charge in [-0.15, -0.1) is 13.2 Å². The van der Waals surface area contributed by atoms with Gasteiger partial charge in [0.2, 0.25) is 0 Å². The first-order chi connectivity index (χ1) is 5.79. The molecule has 0 amide bonds. The normalized spacial score (nSPS) is 10.7. The molecule has 0 aromatic carbocycles. The molecular formula is C11H21N. The molecule has 0 aliphatic carbocycles. The molecule has 0 bridgehead atoms. The van der Waals surface area contributed by atoms with Crippen molar-refractivity contribution in [2.75, 3.05) is 13.1 Å². The van der Waals surface area contributed by atoms with Crippen LogP contribution in [0.25, 0.3) is 0 Å². The molecule has 12 heavy (non-hydrogen) atoms. The summed E-state index contributed by atoms with van der Waals surface area (Å²) in [5, 5.41) is 0. The van der Waals surface area contributed by atoms with Crippen LogP contribution in [0.15, 0.2) is 25.3 Å². The molecule has 70 valence electrons. The molecular weight excluding hydrogens is 146 g/mol. The molecule has 1 nitrogen and oxygen atoms in total. The van der Waals surface area contributed by atoms with E-state index in [1.165, 1.54) is 0 Å². The topological polar surface area (TPSA) is 3.24 Å². The SMILES string of the molecule is C=CCC(CC=C)N(CC)CC. The van der Waals surface area contributed by atoms with E-state index >= 15 is 0 Å². The summed E-state index contributed by atoms with van der Waals surface area (Å²) >= 11 is 0. The molecule has 0 saturated heterocycles. The van der Waals surface area contributed by atoms with Gasteiger partial charge >= 0.3 is 0 Å². The summed E-state index contributed by atoms with van der Waals surface area (Å²) in [6.07, 6.45) is 6.11. The first-order valence-electron chi connectivity index (χ1n) is 4.75. The van der Waals surface area contributed by atoms with Crippen molar-refractivity contribution in [3.8, 4) is 0 Å². The zero-order valence-electron chi connectivity index (χ0n) is 8.42. The molecule has 0 aromatic heterocycles. The first-order valence-corrected chi connectivity index (χ1v) is 4.75. The number of rotatable bonds is 7. The van der Waals surface area contributed by atoms with Crippen molar-refractivity contribution >= 4 is 0 Å². The number of nitrogens with zero attached hydrogens (tertiary/aromatic N) is 1. The largest absolute Gasteiger partial charge is 0.300 e. The highest BCUT2D eigenvalue weighted by Gasteiger charge is 2.11. The summed E-state index contributed by atoms with van der Waals surface area (Å²) in [6, 6.07) is 0.606. The molecule has 0 aromatic rings. The van der Waals surface area contributed by atoms with E-state index in [0.717, 1.165) is 25.9 Å². The van der Waals surface area contributed by atoms with Gasteiger partial charge in [0.05, 0.1) is 0 Å². The molecule has 0 aliphatic rings. The van der Waals surface area contributed by atoms with Crippen LogP contribution in [0.1, 0.15) is 26.7 Å². The molecule has 0 saturated carbocycles. The Hall–Kier alpha value is -0.560. The van der Waals surface area contributed by atoms with Crippen LogP contribution in [0.4, 0.5) is 0 Å². The Bertz CT molecular complexity index is 115. The Morgan fingerprint density at radius 2 is 1.50 bits per heavy atom. The average Bonchev–Trinajstić information content (AvgIpc) is 2.07. The lowest BCUT2D eigenvalue weighted by molar-refractivity contribution is 0.219. The lowest BCUT2D eigenvalue weighted by atomic mass is 10.1. The number of hydrogen-bond donors (Lipinski definition) is 0. The van der Waals surface area contributed by atoms with E-state index in [2.05, 4.69) is 31.9 Å². The lowest BCUT2D eigenvalue weighted by Crippen LogP contribution is -2.34. The van der Waals surface area contributed by atoms with Crippen LogP contribution in [0, 0.1) is 0 Å². The summed E-state index contributed by atoms with van der Waals surface area (Å²) in [4.78, 5) is 2.45. The van der Waals surface area contributed by atoms with Gasteiger partial charge in [-0.1, -0.05) is 26.0 Å². The smallest absolute Gasteiger partial charge is 0.0164 e. The minimum absolute atomic E-state index is 0.606. The molecule has 0 N–H and O–H groups in total. The summed E-state index contributed by atoms with van der Waals surface area (Å²) in [5.74, 6) is 0. The van der Waals surface area contributed by atoms with E-state index in [1.54, 1.807) is 0 Å².